The van der Waals surface area contributed by atoms with Crippen molar-refractivity contribution in [2.24, 2.45) is 0 Å². The van der Waals surface area contributed by atoms with Gasteiger partial charge in [0.05, 0.1) is 21.4 Å². The largest absolute Gasteiger partial charge is 0.425 e. The summed E-state index contributed by atoms with van der Waals surface area (Å²) in [7, 11) is -3.51. The number of aromatic nitrogens is 1. The highest BCUT2D eigenvalue weighted by Gasteiger charge is 2.20. The molecule has 1 aromatic heterocycles. The number of hydrogen-bond donors (Lipinski definition) is 1. The summed E-state index contributed by atoms with van der Waals surface area (Å²) in [5.74, 6) is -0.541. The molecule has 0 aliphatic rings. The van der Waals surface area contributed by atoms with E-state index >= 15 is 0 Å². The van der Waals surface area contributed by atoms with E-state index in [0.717, 1.165) is 23.8 Å². The zero-order chi connectivity index (χ0) is 25.7. The monoisotopic (exact) mass is 559 g/mol. The van der Waals surface area contributed by atoms with Gasteiger partial charge in [-0.05, 0) is 24.6 Å². The molecule has 0 N–H and O–H groups in total. The van der Waals surface area contributed by atoms with Crippen molar-refractivity contribution in [3.05, 3.63) is 39.5 Å². The van der Waals surface area contributed by atoms with E-state index in [-0.39, 0.29) is 32.1 Å². The fourth-order valence-corrected chi connectivity index (χ4v) is 6.27. The van der Waals surface area contributed by atoms with Gasteiger partial charge in [0.1, 0.15) is 5.03 Å². The molecule has 0 radical (unpaired) electrons. The summed E-state index contributed by atoms with van der Waals surface area (Å²) in [5, 5.41) is 1.59. The maximum atomic E-state index is 12.9. The van der Waals surface area contributed by atoms with Gasteiger partial charge in [0.25, 0.3) is 0 Å². The number of thiocarbonyl (C=S) groups is 1. The summed E-state index contributed by atoms with van der Waals surface area (Å²) in [5.41, 5.74) is 0.204. The van der Waals surface area contributed by atoms with E-state index in [9.17, 15) is 13.2 Å². The molecule has 0 aliphatic carbocycles. The van der Waals surface area contributed by atoms with Crippen molar-refractivity contribution in [3.8, 4) is 5.69 Å². The van der Waals surface area contributed by atoms with Gasteiger partial charge in [-0.25, -0.2) is 17.8 Å². The maximum Gasteiger partial charge on any atom is 0.425 e. The van der Waals surface area contributed by atoms with Gasteiger partial charge < -0.3 is 4.42 Å². The second kappa shape index (κ2) is 15.9. The summed E-state index contributed by atoms with van der Waals surface area (Å²) >= 11 is 15.4. The third-order valence-corrected chi connectivity index (χ3v) is 8.96. The summed E-state index contributed by atoms with van der Waals surface area (Å²) in [6, 6.07) is 4.33. The van der Waals surface area contributed by atoms with Gasteiger partial charge in [0, 0.05) is 5.37 Å². The number of nitrogens with zero attached hydrogens (tertiary/aromatic N) is 1. The molecule has 0 spiro atoms. The Balaban J connectivity index is 1.74. The molecule has 0 unspecified atom stereocenters. The standard InChI is InChI=1S/C26H38ClNO4S3/c1-2-3-4-5-6-7-8-9-10-11-12-13-14-15-18-35(30,31)21-16-17-22(27)23(19-21)28-25(34)24(20-33)32-26(28)29/h16-17,19-20,34H,2-15,18H2,1H3. The molecule has 1 aromatic carbocycles. The molecule has 0 saturated carbocycles. The number of sulfone groups is 1. The first-order valence-corrected chi connectivity index (χ1v) is 15.7. The van der Waals surface area contributed by atoms with Crippen LogP contribution in [0.2, 0.25) is 5.02 Å². The molecular formula is C26H38ClNO4S3. The Labute approximate surface area is 226 Å². The molecule has 0 fully saturated rings. The second-order valence-corrected chi connectivity index (χ2v) is 12.2. The van der Waals surface area contributed by atoms with Crippen molar-refractivity contribution >= 4 is 51.7 Å². The second-order valence-electron chi connectivity index (χ2n) is 9.04. The van der Waals surface area contributed by atoms with Crippen LogP contribution in [-0.4, -0.2) is 24.1 Å². The number of unbranched alkanes of at least 4 members (excludes halogenated alkanes) is 13. The minimum absolute atomic E-state index is 0.0608. The Hall–Kier alpha value is -1.09. The Kier molecular flexibility index (Phi) is 13.7. The minimum Gasteiger partial charge on any atom is -0.406 e. The summed E-state index contributed by atoms with van der Waals surface area (Å²) < 4.78 is 31.9. The summed E-state index contributed by atoms with van der Waals surface area (Å²) in [6.45, 7) is 2.25. The van der Waals surface area contributed by atoms with Gasteiger partial charge >= 0.3 is 5.76 Å². The lowest BCUT2D eigenvalue weighted by atomic mass is 10.0. The van der Waals surface area contributed by atoms with E-state index in [4.69, 9.17) is 28.2 Å². The van der Waals surface area contributed by atoms with Gasteiger partial charge in [0.2, 0.25) is 0 Å². The lowest BCUT2D eigenvalue weighted by Crippen LogP contribution is -2.14. The normalized spacial score (nSPS) is 11.7. The Morgan fingerprint density at radius 2 is 1.46 bits per heavy atom. The molecule has 0 aliphatic heterocycles. The molecule has 0 bridgehead atoms. The molecule has 0 amide bonds. The van der Waals surface area contributed by atoms with Gasteiger partial charge in [-0.15, -0.1) is 12.6 Å². The predicted octanol–water partition coefficient (Wildman–Crippen LogP) is 7.98. The van der Waals surface area contributed by atoms with Crippen LogP contribution >= 0.6 is 36.4 Å². The Morgan fingerprint density at radius 1 is 0.943 bits per heavy atom. The number of benzene rings is 1. The van der Waals surface area contributed by atoms with Crippen molar-refractivity contribution in [2.45, 2.75) is 107 Å². The molecule has 35 heavy (non-hydrogen) atoms. The highest BCUT2D eigenvalue weighted by molar-refractivity contribution is 7.91. The third-order valence-electron chi connectivity index (χ3n) is 6.20. The smallest absolute Gasteiger partial charge is 0.406 e. The van der Waals surface area contributed by atoms with Crippen LogP contribution in [0.3, 0.4) is 0 Å². The van der Waals surface area contributed by atoms with Gasteiger partial charge in [-0.2, -0.15) is 0 Å². The number of hydrogen-bond acceptors (Lipinski definition) is 6. The maximum absolute atomic E-state index is 12.9. The van der Waals surface area contributed by atoms with Crippen LogP contribution < -0.4 is 5.76 Å². The quantitative estimate of drug-likeness (QED) is 0.114. The van der Waals surface area contributed by atoms with Gasteiger partial charge in [-0.3, -0.25) is 0 Å². The average molecular weight is 560 g/mol. The summed E-state index contributed by atoms with van der Waals surface area (Å²) in [4.78, 5) is 12.3. The fourth-order valence-electron chi connectivity index (χ4n) is 4.13. The number of thiol groups is 1. The molecule has 1 heterocycles. The Bertz CT molecular complexity index is 1090. The number of oxazole rings is 1. The van der Waals surface area contributed by atoms with Crippen LogP contribution in [0, 0.1) is 0 Å². The highest BCUT2D eigenvalue weighted by Crippen LogP contribution is 2.27. The van der Waals surface area contributed by atoms with Crippen LogP contribution in [0.1, 0.15) is 103 Å². The molecule has 196 valence electrons. The van der Waals surface area contributed by atoms with Gasteiger partial charge in [-0.1, -0.05) is 114 Å². The van der Waals surface area contributed by atoms with Crippen molar-refractivity contribution in [1.29, 1.82) is 0 Å². The topological polar surface area (TPSA) is 69.3 Å². The predicted molar refractivity (Wildman–Crippen MR) is 152 cm³/mol. The number of halogens is 1. The molecule has 0 saturated heterocycles. The first-order valence-electron chi connectivity index (χ1n) is 12.7. The molecule has 2 aromatic rings. The van der Waals surface area contributed by atoms with Crippen LogP contribution in [0.5, 0.6) is 0 Å². The lowest BCUT2D eigenvalue weighted by molar-refractivity contribution is 0.499. The zero-order valence-electron chi connectivity index (χ0n) is 20.6. The summed E-state index contributed by atoms with van der Waals surface area (Å²) in [6.07, 6.45) is 17.0. The third kappa shape index (κ3) is 9.71. The average Bonchev–Trinajstić information content (AvgIpc) is 3.12. The van der Waals surface area contributed by atoms with E-state index in [1.165, 1.54) is 87.8 Å². The first-order chi connectivity index (χ1) is 16.8. The van der Waals surface area contributed by atoms with E-state index in [1.807, 2.05) is 0 Å². The fraction of sp³-hybridized carbons (Fsp3) is 0.615. The lowest BCUT2D eigenvalue weighted by Gasteiger charge is -2.10. The molecule has 9 heteroatoms. The zero-order valence-corrected chi connectivity index (χ0v) is 23.9. The molecule has 0 atom stereocenters. The van der Waals surface area contributed by atoms with Crippen molar-refractivity contribution in [2.75, 3.05) is 5.75 Å². The van der Waals surface area contributed by atoms with Crippen LogP contribution in [0.4, 0.5) is 0 Å². The van der Waals surface area contributed by atoms with Crippen molar-refractivity contribution < 1.29 is 12.8 Å². The van der Waals surface area contributed by atoms with E-state index in [2.05, 4.69) is 19.6 Å². The first kappa shape index (κ1) is 30.1. The van der Waals surface area contributed by atoms with E-state index < -0.39 is 15.6 Å². The van der Waals surface area contributed by atoms with Crippen LogP contribution in [-0.2, 0) is 9.84 Å². The SMILES string of the molecule is CCCCCCCCCCCCCCCCS(=O)(=O)c1ccc(Cl)c(-n2c(S)c(C=S)oc2=O)c1. The highest BCUT2D eigenvalue weighted by atomic mass is 35.5. The van der Waals surface area contributed by atoms with Crippen molar-refractivity contribution in [1.82, 2.24) is 4.57 Å². The van der Waals surface area contributed by atoms with Crippen molar-refractivity contribution in [3.63, 3.8) is 0 Å². The number of rotatable bonds is 18. The molecule has 2 rings (SSSR count). The Morgan fingerprint density at radius 3 is 1.94 bits per heavy atom. The minimum atomic E-state index is -3.51. The van der Waals surface area contributed by atoms with E-state index in [1.54, 1.807) is 0 Å². The van der Waals surface area contributed by atoms with Gasteiger partial charge in [0.15, 0.2) is 15.6 Å². The van der Waals surface area contributed by atoms with E-state index in [0.29, 0.717) is 6.42 Å². The molecular weight excluding hydrogens is 522 g/mol. The molecule has 5 nitrogen and oxygen atoms in total. The van der Waals surface area contributed by atoms with Crippen LogP contribution in [0.25, 0.3) is 5.69 Å². The van der Waals surface area contributed by atoms with Crippen LogP contribution in [0.15, 0.2) is 37.3 Å².